The maximum atomic E-state index is 13.3. The van der Waals surface area contributed by atoms with E-state index in [1.165, 1.54) is 24.2 Å². The Morgan fingerprint density at radius 1 is 1.10 bits per heavy atom. The number of aromatic amines is 1. The normalized spacial score (nSPS) is 12.7. The minimum Gasteiger partial charge on any atom is -0.481 e. The summed E-state index contributed by atoms with van der Waals surface area (Å²) in [6.45, 7) is 0. The first kappa shape index (κ1) is 20.9. The van der Waals surface area contributed by atoms with Crippen LogP contribution >= 0.6 is 11.8 Å². The molecule has 2 N–H and O–H groups in total. The van der Waals surface area contributed by atoms with E-state index in [9.17, 15) is 18.0 Å². The number of aliphatic carboxylic acids is 1. The summed E-state index contributed by atoms with van der Waals surface area (Å²) in [5.74, 6) is -0.954. The van der Waals surface area contributed by atoms with E-state index < -0.39 is 23.0 Å². The predicted octanol–water partition coefficient (Wildman–Crippen LogP) is 5.49. The zero-order valence-corrected chi connectivity index (χ0v) is 16.7. The van der Waals surface area contributed by atoms with E-state index in [4.69, 9.17) is 5.11 Å². The highest BCUT2D eigenvalue weighted by Crippen LogP contribution is 2.43. The number of carboxylic acid groups (broad SMARTS) is 1. The Labute approximate surface area is 179 Å². The van der Waals surface area contributed by atoms with Gasteiger partial charge in [0.15, 0.2) is 5.65 Å². The van der Waals surface area contributed by atoms with E-state index in [0.717, 1.165) is 22.6 Å². The lowest BCUT2D eigenvalue weighted by Crippen LogP contribution is -2.07. The molecule has 2 aromatic carbocycles. The molecule has 0 amide bonds. The number of H-pyrrole nitrogens is 1. The number of aromatic nitrogens is 3. The molecule has 0 bridgehead atoms. The second-order valence-electron chi connectivity index (χ2n) is 6.84. The van der Waals surface area contributed by atoms with Gasteiger partial charge in [-0.05, 0) is 41.0 Å². The molecule has 2 aromatic heterocycles. The van der Waals surface area contributed by atoms with Crippen molar-refractivity contribution in [3.8, 4) is 0 Å². The highest BCUT2D eigenvalue weighted by molar-refractivity contribution is 7.99. The number of carbonyl (C=O) groups is 1. The molecule has 0 aliphatic carbocycles. The number of carboxylic acids is 1. The molecule has 0 fully saturated rings. The predicted molar refractivity (Wildman–Crippen MR) is 111 cm³/mol. The molecule has 1 unspecified atom stereocenters. The molecule has 0 radical (unpaired) electrons. The minimum atomic E-state index is -4.46. The molecule has 158 valence electrons. The first-order valence-electron chi connectivity index (χ1n) is 9.24. The maximum absolute atomic E-state index is 13.3. The van der Waals surface area contributed by atoms with Crippen LogP contribution < -0.4 is 0 Å². The number of imidazole rings is 1. The Kier molecular flexibility index (Phi) is 5.69. The van der Waals surface area contributed by atoms with Crippen molar-refractivity contribution < 1.29 is 23.1 Å². The van der Waals surface area contributed by atoms with Gasteiger partial charge in [-0.1, -0.05) is 30.3 Å². The van der Waals surface area contributed by atoms with Gasteiger partial charge in [-0.25, -0.2) is 9.97 Å². The van der Waals surface area contributed by atoms with Crippen LogP contribution in [0.15, 0.2) is 72.0 Å². The highest BCUT2D eigenvalue weighted by Gasteiger charge is 2.31. The third-order valence-corrected chi connectivity index (χ3v) is 5.95. The molecule has 0 saturated heterocycles. The lowest BCUT2D eigenvalue weighted by molar-refractivity contribution is -0.138. The summed E-state index contributed by atoms with van der Waals surface area (Å²) >= 11 is 1.34. The largest absolute Gasteiger partial charge is 0.481 e. The molecule has 0 aliphatic heterocycles. The molecule has 5 nitrogen and oxygen atoms in total. The third-order valence-electron chi connectivity index (χ3n) is 4.67. The van der Waals surface area contributed by atoms with Crippen LogP contribution in [0, 0.1) is 0 Å². The van der Waals surface area contributed by atoms with Gasteiger partial charge in [0.2, 0.25) is 0 Å². The van der Waals surface area contributed by atoms with Gasteiger partial charge in [-0.2, -0.15) is 13.2 Å². The molecule has 4 rings (SSSR count). The zero-order chi connectivity index (χ0) is 22.0. The van der Waals surface area contributed by atoms with Crippen LogP contribution in [0.2, 0.25) is 0 Å². The molecule has 0 aliphatic rings. The second-order valence-corrected chi connectivity index (χ2v) is 8.02. The zero-order valence-electron chi connectivity index (χ0n) is 15.9. The molecular formula is C22H16F3N3O2S. The monoisotopic (exact) mass is 443 g/mol. The fraction of sp³-hybridized carbons (Fsp3) is 0.136. The average molecular weight is 443 g/mol. The van der Waals surface area contributed by atoms with Crippen LogP contribution in [-0.2, 0) is 17.4 Å². The molecule has 31 heavy (non-hydrogen) atoms. The van der Waals surface area contributed by atoms with E-state index in [2.05, 4.69) is 15.0 Å². The number of halogens is 3. The van der Waals surface area contributed by atoms with Crippen molar-refractivity contribution in [1.29, 1.82) is 0 Å². The number of hydrogen-bond donors (Lipinski definition) is 2. The summed E-state index contributed by atoms with van der Waals surface area (Å²) in [4.78, 5) is 23.2. The van der Waals surface area contributed by atoms with Gasteiger partial charge in [-0.15, -0.1) is 11.8 Å². The smallest absolute Gasteiger partial charge is 0.416 e. The average Bonchev–Trinajstić information content (AvgIpc) is 3.20. The molecule has 0 spiro atoms. The number of pyridine rings is 1. The van der Waals surface area contributed by atoms with Gasteiger partial charge < -0.3 is 10.1 Å². The van der Waals surface area contributed by atoms with Crippen molar-refractivity contribution in [3.05, 3.63) is 89.4 Å². The van der Waals surface area contributed by atoms with Crippen molar-refractivity contribution in [2.24, 2.45) is 0 Å². The number of rotatable bonds is 6. The summed E-state index contributed by atoms with van der Waals surface area (Å²) in [6.07, 6.45) is -1.54. The highest BCUT2D eigenvalue weighted by atomic mass is 32.2. The molecule has 0 saturated carbocycles. The summed E-state index contributed by atoms with van der Waals surface area (Å²) < 4.78 is 40.0. The Morgan fingerprint density at radius 3 is 2.68 bits per heavy atom. The molecule has 9 heteroatoms. The van der Waals surface area contributed by atoms with Crippen LogP contribution in [0.3, 0.4) is 0 Å². The first-order valence-corrected chi connectivity index (χ1v) is 10.1. The van der Waals surface area contributed by atoms with E-state index in [1.54, 1.807) is 36.5 Å². The second kappa shape index (κ2) is 8.43. The van der Waals surface area contributed by atoms with Gasteiger partial charge >= 0.3 is 12.1 Å². The summed E-state index contributed by atoms with van der Waals surface area (Å²) in [5.41, 5.74) is 2.18. The van der Waals surface area contributed by atoms with Crippen LogP contribution in [-0.4, -0.2) is 26.0 Å². The van der Waals surface area contributed by atoms with Crippen molar-refractivity contribution in [1.82, 2.24) is 15.0 Å². The summed E-state index contributed by atoms with van der Waals surface area (Å²) in [5, 5.41) is 8.56. The quantitative estimate of drug-likeness (QED) is 0.386. The molecule has 1 atom stereocenters. The summed E-state index contributed by atoms with van der Waals surface area (Å²) in [6, 6.07) is 14.0. The van der Waals surface area contributed by atoms with Crippen molar-refractivity contribution in [2.75, 3.05) is 0 Å². The van der Waals surface area contributed by atoms with Crippen LogP contribution in [0.5, 0.6) is 0 Å². The van der Waals surface area contributed by atoms with Crippen LogP contribution in [0.1, 0.15) is 27.5 Å². The van der Waals surface area contributed by atoms with E-state index in [0.29, 0.717) is 22.3 Å². The van der Waals surface area contributed by atoms with Gasteiger partial charge in [0.25, 0.3) is 0 Å². The van der Waals surface area contributed by atoms with Gasteiger partial charge in [-0.3, -0.25) is 4.79 Å². The number of nitrogens with zero attached hydrogens (tertiary/aromatic N) is 2. The number of alkyl halides is 3. The Morgan fingerprint density at radius 2 is 1.90 bits per heavy atom. The maximum Gasteiger partial charge on any atom is 0.416 e. The number of fused-ring (bicyclic) bond motifs is 1. The van der Waals surface area contributed by atoms with Crippen LogP contribution in [0.25, 0.3) is 11.2 Å². The first-order chi connectivity index (χ1) is 14.8. The van der Waals surface area contributed by atoms with Crippen molar-refractivity contribution in [2.45, 2.75) is 22.7 Å². The Hall–Kier alpha value is -3.33. The van der Waals surface area contributed by atoms with E-state index >= 15 is 0 Å². The fourth-order valence-corrected chi connectivity index (χ4v) is 4.57. The Bertz CT molecular complexity index is 1240. The van der Waals surface area contributed by atoms with Crippen molar-refractivity contribution in [3.63, 3.8) is 0 Å². The SMILES string of the molecule is O=C(O)Cc1cccc(SC(c2cccc(C(F)(F)F)c2)c2ccnc3nc[nH]c23)c1. The standard InChI is InChI=1S/C22H16F3N3O2S/c23-22(24,25)15-5-2-4-14(11-15)20(17-7-8-26-21-19(17)27-12-28-21)31-16-6-1-3-13(9-16)10-18(29)30/h1-9,11-12,20H,10H2,(H,29,30)(H,26,27,28). The lowest BCUT2D eigenvalue weighted by atomic mass is 10.0. The van der Waals surface area contributed by atoms with Crippen LogP contribution in [0.4, 0.5) is 13.2 Å². The van der Waals surface area contributed by atoms with Gasteiger partial charge in [0.05, 0.1) is 29.1 Å². The van der Waals surface area contributed by atoms with Crippen molar-refractivity contribution >= 4 is 28.9 Å². The van der Waals surface area contributed by atoms with E-state index in [-0.39, 0.29) is 6.42 Å². The number of hydrogen-bond acceptors (Lipinski definition) is 4. The molecule has 4 aromatic rings. The fourth-order valence-electron chi connectivity index (χ4n) is 3.32. The van der Waals surface area contributed by atoms with Gasteiger partial charge in [0, 0.05) is 11.1 Å². The number of thioether (sulfide) groups is 1. The molecular weight excluding hydrogens is 427 g/mol. The lowest BCUT2D eigenvalue weighted by Gasteiger charge is -2.20. The third kappa shape index (κ3) is 4.72. The topological polar surface area (TPSA) is 78.9 Å². The summed E-state index contributed by atoms with van der Waals surface area (Å²) in [7, 11) is 0. The van der Waals surface area contributed by atoms with Gasteiger partial charge in [0.1, 0.15) is 0 Å². The Balaban J connectivity index is 1.81. The molecule has 2 heterocycles. The van der Waals surface area contributed by atoms with E-state index in [1.807, 2.05) is 6.07 Å². The number of nitrogens with one attached hydrogen (secondary N) is 1. The number of benzene rings is 2. The minimum absolute atomic E-state index is 0.136.